The number of rotatable bonds is 3. The molecule has 4 heteroatoms. The SMILES string of the molecule is CC(C)(C)OC(=O)C[C@H]1C[C@@H]1C(=O)O. The molecule has 0 aliphatic heterocycles. The van der Waals surface area contributed by atoms with E-state index < -0.39 is 11.6 Å². The number of carbonyl (C=O) groups excluding carboxylic acids is 1. The number of ether oxygens (including phenoxy) is 1. The Labute approximate surface area is 83.2 Å². The summed E-state index contributed by atoms with van der Waals surface area (Å²) in [6.07, 6.45) is 0.836. The fraction of sp³-hybridized carbons (Fsp3) is 0.800. The highest BCUT2D eigenvalue weighted by atomic mass is 16.6. The van der Waals surface area contributed by atoms with Crippen LogP contribution in [0.3, 0.4) is 0 Å². The Morgan fingerprint density at radius 1 is 1.43 bits per heavy atom. The van der Waals surface area contributed by atoms with Gasteiger partial charge in [-0.1, -0.05) is 0 Å². The first-order valence-corrected chi connectivity index (χ1v) is 4.74. The van der Waals surface area contributed by atoms with Crippen LogP contribution in [0.4, 0.5) is 0 Å². The molecular formula is C10H16O4. The Morgan fingerprint density at radius 3 is 2.36 bits per heavy atom. The van der Waals surface area contributed by atoms with Crippen LogP contribution in [0, 0.1) is 11.8 Å². The van der Waals surface area contributed by atoms with Crippen molar-refractivity contribution in [3.8, 4) is 0 Å². The summed E-state index contributed by atoms with van der Waals surface area (Å²) in [5.74, 6) is -1.45. The van der Waals surface area contributed by atoms with Crippen molar-refractivity contribution in [1.82, 2.24) is 0 Å². The number of carboxylic acid groups (broad SMARTS) is 1. The number of carboxylic acids is 1. The molecule has 0 unspecified atom stereocenters. The van der Waals surface area contributed by atoms with Gasteiger partial charge in [0.1, 0.15) is 5.60 Å². The first kappa shape index (κ1) is 11.0. The van der Waals surface area contributed by atoms with E-state index in [2.05, 4.69) is 0 Å². The minimum absolute atomic E-state index is 0.0117. The van der Waals surface area contributed by atoms with Crippen molar-refractivity contribution in [3.63, 3.8) is 0 Å². The van der Waals surface area contributed by atoms with E-state index in [1.807, 2.05) is 0 Å². The molecule has 80 valence electrons. The van der Waals surface area contributed by atoms with Gasteiger partial charge < -0.3 is 9.84 Å². The van der Waals surface area contributed by atoms with E-state index in [0.717, 1.165) is 0 Å². The molecule has 14 heavy (non-hydrogen) atoms. The molecule has 1 saturated carbocycles. The lowest BCUT2D eigenvalue weighted by Crippen LogP contribution is -2.24. The minimum atomic E-state index is -0.807. The second-order valence-electron chi connectivity index (χ2n) is 4.73. The Balaban J connectivity index is 2.27. The monoisotopic (exact) mass is 200 g/mol. The van der Waals surface area contributed by atoms with Crippen LogP contribution < -0.4 is 0 Å². The predicted molar refractivity (Wildman–Crippen MR) is 49.7 cm³/mol. The lowest BCUT2D eigenvalue weighted by Gasteiger charge is -2.19. The topological polar surface area (TPSA) is 63.6 Å². The second kappa shape index (κ2) is 3.59. The van der Waals surface area contributed by atoms with Crippen LogP contribution in [0.25, 0.3) is 0 Å². The summed E-state index contributed by atoms with van der Waals surface area (Å²) in [5, 5.41) is 8.62. The summed E-state index contributed by atoms with van der Waals surface area (Å²) in [7, 11) is 0. The van der Waals surface area contributed by atoms with Crippen LogP contribution in [0.5, 0.6) is 0 Å². The molecule has 1 aliphatic rings. The van der Waals surface area contributed by atoms with Gasteiger partial charge in [-0.05, 0) is 33.1 Å². The number of hydrogen-bond donors (Lipinski definition) is 1. The minimum Gasteiger partial charge on any atom is -0.481 e. The highest BCUT2D eigenvalue weighted by Crippen LogP contribution is 2.41. The molecule has 0 bridgehead atoms. The van der Waals surface area contributed by atoms with E-state index in [4.69, 9.17) is 9.84 Å². The number of aliphatic carboxylic acids is 1. The van der Waals surface area contributed by atoms with E-state index in [0.29, 0.717) is 6.42 Å². The molecule has 0 spiro atoms. The third-order valence-electron chi connectivity index (χ3n) is 2.09. The van der Waals surface area contributed by atoms with Crippen molar-refractivity contribution >= 4 is 11.9 Å². The smallest absolute Gasteiger partial charge is 0.306 e. The van der Waals surface area contributed by atoms with E-state index in [1.54, 1.807) is 20.8 Å². The maximum Gasteiger partial charge on any atom is 0.306 e. The number of hydrogen-bond acceptors (Lipinski definition) is 3. The molecule has 0 heterocycles. The molecule has 1 fully saturated rings. The van der Waals surface area contributed by atoms with Gasteiger partial charge in [0.2, 0.25) is 0 Å². The van der Waals surface area contributed by atoms with Gasteiger partial charge >= 0.3 is 11.9 Å². The summed E-state index contributed by atoms with van der Waals surface area (Å²) >= 11 is 0. The van der Waals surface area contributed by atoms with Gasteiger partial charge in [0.25, 0.3) is 0 Å². The molecule has 0 radical (unpaired) electrons. The Kier molecular flexibility index (Phi) is 2.83. The maximum absolute atomic E-state index is 11.3. The van der Waals surface area contributed by atoms with Crippen LogP contribution >= 0.6 is 0 Å². The van der Waals surface area contributed by atoms with Gasteiger partial charge in [-0.15, -0.1) is 0 Å². The van der Waals surface area contributed by atoms with Gasteiger partial charge in [0, 0.05) is 6.42 Å². The van der Waals surface area contributed by atoms with Crippen LogP contribution in [0.1, 0.15) is 33.6 Å². The molecule has 4 nitrogen and oxygen atoms in total. The first-order valence-electron chi connectivity index (χ1n) is 4.74. The highest BCUT2D eigenvalue weighted by molar-refractivity contribution is 5.77. The van der Waals surface area contributed by atoms with Crippen molar-refractivity contribution in [1.29, 1.82) is 0 Å². The zero-order valence-electron chi connectivity index (χ0n) is 8.74. The highest BCUT2D eigenvalue weighted by Gasteiger charge is 2.44. The van der Waals surface area contributed by atoms with Gasteiger partial charge in [0.05, 0.1) is 5.92 Å². The summed E-state index contributed by atoms with van der Waals surface area (Å²) in [6, 6.07) is 0. The summed E-state index contributed by atoms with van der Waals surface area (Å²) in [6.45, 7) is 5.39. The van der Waals surface area contributed by atoms with Crippen molar-refractivity contribution in [2.75, 3.05) is 0 Å². The average Bonchev–Trinajstić information content (AvgIpc) is 2.61. The molecule has 1 rings (SSSR count). The van der Waals surface area contributed by atoms with Crippen LogP contribution in [-0.2, 0) is 14.3 Å². The number of esters is 1. The molecule has 0 amide bonds. The molecule has 0 aromatic carbocycles. The zero-order valence-corrected chi connectivity index (χ0v) is 8.74. The lowest BCUT2D eigenvalue weighted by molar-refractivity contribution is -0.155. The van der Waals surface area contributed by atoms with Gasteiger partial charge in [0.15, 0.2) is 0 Å². The molecule has 0 aromatic heterocycles. The molecule has 1 aliphatic carbocycles. The van der Waals surface area contributed by atoms with Gasteiger partial charge in [-0.2, -0.15) is 0 Å². The van der Waals surface area contributed by atoms with Gasteiger partial charge in [-0.25, -0.2) is 0 Å². The van der Waals surface area contributed by atoms with Crippen LogP contribution in [0.15, 0.2) is 0 Å². The second-order valence-corrected chi connectivity index (χ2v) is 4.73. The molecule has 1 N–H and O–H groups in total. The van der Waals surface area contributed by atoms with E-state index >= 15 is 0 Å². The zero-order chi connectivity index (χ0) is 10.9. The van der Waals surface area contributed by atoms with Gasteiger partial charge in [-0.3, -0.25) is 9.59 Å². The molecular weight excluding hydrogens is 184 g/mol. The fourth-order valence-corrected chi connectivity index (χ4v) is 1.37. The van der Waals surface area contributed by atoms with Crippen LogP contribution in [-0.4, -0.2) is 22.6 Å². The maximum atomic E-state index is 11.3. The first-order chi connectivity index (χ1) is 6.29. The lowest BCUT2D eigenvalue weighted by atomic mass is 10.2. The fourth-order valence-electron chi connectivity index (χ4n) is 1.37. The average molecular weight is 200 g/mol. The van der Waals surface area contributed by atoms with Crippen molar-refractivity contribution in [2.24, 2.45) is 11.8 Å². The quantitative estimate of drug-likeness (QED) is 0.700. The number of carbonyl (C=O) groups is 2. The van der Waals surface area contributed by atoms with Crippen molar-refractivity contribution in [3.05, 3.63) is 0 Å². The molecule has 2 atom stereocenters. The molecule has 0 aromatic rings. The summed E-state index contributed by atoms with van der Waals surface area (Å²) in [5.41, 5.74) is -0.481. The Morgan fingerprint density at radius 2 is 2.00 bits per heavy atom. The summed E-state index contributed by atoms with van der Waals surface area (Å²) < 4.78 is 5.08. The van der Waals surface area contributed by atoms with Crippen molar-refractivity contribution in [2.45, 2.75) is 39.2 Å². The largest absolute Gasteiger partial charge is 0.481 e. The molecule has 0 saturated heterocycles. The normalized spacial score (nSPS) is 25.6. The van der Waals surface area contributed by atoms with E-state index in [-0.39, 0.29) is 24.2 Å². The van der Waals surface area contributed by atoms with Crippen molar-refractivity contribution < 1.29 is 19.4 Å². The van der Waals surface area contributed by atoms with E-state index in [1.165, 1.54) is 0 Å². The third kappa shape index (κ3) is 3.36. The van der Waals surface area contributed by atoms with E-state index in [9.17, 15) is 9.59 Å². The Hall–Kier alpha value is -1.06. The predicted octanol–water partition coefficient (Wildman–Crippen LogP) is 1.44. The third-order valence-corrected chi connectivity index (χ3v) is 2.09. The standard InChI is InChI=1S/C10H16O4/c1-10(2,3)14-8(11)5-6-4-7(6)9(12)13/h6-7H,4-5H2,1-3H3,(H,12,13)/t6-,7+/m1/s1. The Bertz CT molecular complexity index is 251. The van der Waals surface area contributed by atoms with Crippen LogP contribution in [0.2, 0.25) is 0 Å². The summed E-state index contributed by atoms with van der Waals surface area (Å²) in [4.78, 5) is 21.7.